The van der Waals surface area contributed by atoms with Crippen molar-refractivity contribution in [3.8, 4) is 0 Å². The van der Waals surface area contributed by atoms with Crippen LogP contribution in [0.4, 0.5) is 0 Å². The molecule has 1 spiro atoms. The zero-order valence-corrected chi connectivity index (χ0v) is 6.60. The van der Waals surface area contributed by atoms with Crippen LogP contribution in [0.15, 0.2) is 0 Å². The van der Waals surface area contributed by atoms with E-state index in [9.17, 15) is 0 Å². The highest BCUT2D eigenvalue weighted by Gasteiger charge is 2.34. The van der Waals surface area contributed by atoms with E-state index in [1.807, 2.05) is 0 Å². The van der Waals surface area contributed by atoms with Crippen molar-refractivity contribution in [3.05, 3.63) is 12.8 Å². The molecule has 0 aromatic carbocycles. The molecule has 0 saturated heterocycles. The Morgan fingerprint density at radius 1 is 0.900 bits per heavy atom. The van der Waals surface area contributed by atoms with Crippen LogP contribution in [0.5, 0.6) is 0 Å². The van der Waals surface area contributed by atoms with Crippen molar-refractivity contribution in [3.63, 3.8) is 0 Å². The van der Waals surface area contributed by atoms with Crippen LogP contribution in [0.25, 0.3) is 0 Å². The van der Waals surface area contributed by atoms with Crippen molar-refractivity contribution in [2.75, 3.05) is 0 Å². The smallest absolute Gasteiger partial charge is 0.0295 e. The van der Waals surface area contributed by atoms with E-state index < -0.39 is 0 Å². The monoisotopic (exact) mass is 136 g/mol. The van der Waals surface area contributed by atoms with Gasteiger partial charge < -0.3 is 0 Å². The molecule has 0 unspecified atom stereocenters. The van der Waals surface area contributed by atoms with Gasteiger partial charge in [-0.15, -0.1) is 0 Å². The Balaban J connectivity index is 1.98. The summed E-state index contributed by atoms with van der Waals surface area (Å²) in [5, 5.41) is 0. The topological polar surface area (TPSA) is 0 Å². The predicted octanol–water partition coefficient (Wildman–Crippen LogP) is 3.14. The van der Waals surface area contributed by atoms with Crippen LogP contribution in [0.3, 0.4) is 0 Å². The molecular formula is C10H16. The minimum atomic E-state index is 0.786. The van der Waals surface area contributed by atoms with Gasteiger partial charge in [0, 0.05) is 0 Å². The van der Waals surface area contributed by atoms with Crippen LogP contribution in [0.1, 0.15) is 44.9 Å². The summed E-state index contributed by atoms with van der Waals surface area (Å²) in [7, 11) is 0. The van der Waals surface area contributed by atoms with Gasteiger partial charge in [0.15, 0.2) is 0 Å². The van der Waals surface area contributed by atoms with E-state index in [2.05, 4.69) is 12.8 Å². The molecule has 0 aliphatic heterocycles. The fraction of sp³-hybridized carbons (Fsp3) is 0.800. The molecule has 56 valence electrons. The molecule has 0 aromatic heterocycles. The quantitative estimate of drug-likeness (QED) is 0.480. The third-order valence-corrected chi connectivity index (χ3v) is 3.22. The molecule has 10 heavy (non-hydrogen) atoms. The van der Waals surface area contributed by atoms with Gasteiger partial charge in [-0.1, -0.05) is 12.8 Å². The Kier molecular flexibility index (Phi) is 1.71. The average molecular weight is 136 g/mol. The van der Waals surface area contributed by atoms with Crippen LogP contribution in [0.2, 0.25) is 0 Å². The first kappa shape index (κ1) is 6.69. The molecule has 2 rings (SSSR count). The Hall–Kier alpha value is 0. The first-order chi connectivity index (χ1) is 4.91. The summed E-state index contributed by atoms with van der Waals surface area (Å²) >= 11 is 0. The van der Waals surface area contributed by atoms with E-state index in [1.165, 1.54) is 44.9 Å². The standard InChI is InChI=1S/C10H16/c1-2-6-10(7-3-1)8-4-5-9-10/h1-2H,3-9H2. The molecule has 0 bridgehead atoms. The largest absolute Gasteiger partial charge is 0.0528 e. The Morgan fingerprint density at radius 3 is 2.30 bits per heavy atom. The lowest BCUT2D eigenvalue weighted by atomic mass is 9.73. The number of hydrogen-bond acceptors (Lipinski definition) is 0. The van der Waals surface area contributed by atoms with Crippen LogP contribution in [0, 0.1) is 18.3 Å². The molecule has 2 aliphatic rings. The van der Waals surface area contributed by atoms with Gasteiger partial charge in [-0.25, -0.2) is 0 Å². The zero-order chi connectivity index (χ0) is 6.86. The van der Waals surface area contributed by atoms with Gasteiger partial charge in [0.1, 0.15) is 0 Å². The van der Waals surface area contributed by atoms with E-state index in [0.29, 0.717) is 0 Å². The maximum Gasteiger partial charge on any atom is -0.0295 e. The van der Waals surface area contributed by atoms with Crippen molar-refractivity contribution in [2.45, 2.75) is 44.9 Å². The van der Waals surface area contributed by atoms with Crippen LogP contribution in [-0.4, -0.2) is 0 Å². The number of rotatable bonds is 0. The Labute approximate surface area is 64.0 Å². The van der Waals surface area contributed by atoms with Crippen molar-refractivity contribution >= 4 is 0 Å². The van der Waals surface area contributed by atoms with E-state index in [4.69, 9.17) is 0 Å². The van der Waals surface area contributed by atoms with E-state index >= 15 is 0 Å². The van der Waals surface area contributed by atoms with Gasteiger partial charge >= 0.3 is 0 Å². The summed E-state index contributed by atoms with van der Waals surface area (Å²) in [6.07, 6.45) is 15.0. The summed E-state index contributed by atoms with van der Waals surface area (Å²) in [6, 6.07) is 0. The first-order valence-electron chi connectivity index (χ1n) is 4.56. The maximum atomic E-state index is 2.40. The van der Waals surface area contributed by atoms with Gasteiger partial charge in [-0.2, -0.15) is 0 Å². The predicted molar refractivity (Wildman–Crippen MR) is 43.4 cm³/mol. The highest BCUT2D eigenvalue weighted by molar-refractivity contribution is 5.00. The third kappa shape index (κ3) is 1.09. The first-order valence-corrected chi connectivity index (χ1v) is 4.56. The van der Waals surface area contributed by atoms with Crippen LogP contribution < -0.4 is 0 Å². The molecule has 0 heteroatoms. The lowest BCUT2D eigenvalue weighted by Gasteiger charge is -2.32. The minimum Gasteiger partial charge on any atom is -0.0528 e. The fourth-order valence-electron chi connectivity index (χ4n) is 2.52. The average Bonchev–Trinajstić information content (AvgIpc) is 2.39. The number of hydrogen-bond donors (Lipinski definition) is 0. The molecule has 0 amide bonds. The Bertz CT molecular complexity index is 101. The van der Waals surface area contributed by atoms with E-state index in [1.54, 1.807) is 0 Å². The summed E-state index contributed by atoms with van der Waals surface area (Å²) in [4.78, 5) is 0. The molecule has 0 aromatic rings. The van der Waals surface area contributed by atoms with Gasteiger partial charge in [0.05, 0.1) is 0 Å². The lowest BCUT2D eigenvalue weighted by molar-refractivity contribution is 0.249. The minimum absolute atomic E-state index is 0.786. The molecular weight excluding hydrogens is 120 g/mol. The summed E-state index contributed by atoms with van der Waals surface area (Å²) in [5.41, 5.74) is 0.786. The molecule has 2 fully saturated rings. The second-order valence-electron chi connectivity index (χ2n) is 3.92. The highest BCUT2D eigenvalue weighted by atomic mass is 14.4. The fourth-order valence-corrected chi connectivity index (χ4v) is 2.52. The lowest BCUT2D eigenvalue weighted by Crippen LogP contribution is -2.20. The normalized spacial score (nSPS) is 31.2. The Morgan fingerprint density at radius 2 is 1.70 bits per heavy atom. The zero-order valence-electron chi connectivity index (χ0n) is 6.60. The van der Waals surface area contributed by atoms with E-state index in [0.717, 1.165) is 5.41 Å². The van der Waals surface area contributed by atoms with Crippen molar-refractivity contribution in [1.82, 2.24) is 0 Å². The van der Waals surface area contributed by atoms with E-state index in [-0.39, 0.29) is 0 Å². The molecule has 2 saturated carbocycles. The van der Waals surface area contributed by atoms with Crippen molar-refractivity contribution in [2.24, 2.45) is 5.41 Å². The molecule has 0 nitrogen and oxygen atoms in total. The molecule has 2 aliphatic carbocycles. The van der Waals surface area contributed by atoms with Crippen LogP contribution in [-0.2, 0) is 0 Å². The second-order valence-corrected chi connectivity index (χ2v) is 3.92. The molecule has 2 radical (unpaired) electrons. The highest BCUT2D eigenvalue weighted by Crippen LogP contribution is 2.48. The van der Waals surface area contributed by atoms with Crippen molar-refractivity contribution in [1.29, 1.82) is 0 Å². The molecule has 0 atom stereocenters. The van der Waals surface area contributed by atoms with Crippen molar-refractivity contribution < 1.29 is 0 Å². The van der Waals surface area contributed by atoms with Crippen LogP contribution >= 0.6 is 0 Å². The van der Waals surface area contributed by atoms with Gasteiger partial charge in [0.2, 0.25) is 0 Å². The van der Waals surface area contributed by atoms with Gasteiger partial charge in [0.25, 0.3) is 0 Å². The summed E-state index contributed by atoms with van der Waals surface area (Å²) in [6.45, 7) is 0. The SMILES string of the molecule is [CH]1[CH]CC2(CC1)CCCC2. The maximum absolute atomic E-state index is 2.40. The molecule has 0 heterocycles. The summed E-state index contributed by atoms with van der Waals surface area (Å²) in [5.74, 6) is 0. The summed E-state index contributed by atoms with van der Waals surface area (Å²) < 4.78 is 0. The van der Waals surface area contributed by atoms with Gasteiger partial charge in [-0.05, 0) is 50.4 Å². The van der Waals surface area contributed by atoms with Gasteiger partial charge in [-0.3, -0.25) is 0 Å². The molecule has 0 N–H and O–H groups in total. The second kappa shape index (κ2) is 2.56. The third-order valence-electron chi connectivity index (χ3n) is 3.22.